The van der Waals surface area contributed by atoms with Crippen molar-refractivity contribution in [1.82, 2.24) is 4.98 Å². The van der Waals surface area contributed by atoms with Crippen molar-refractivity contribution in [2.45, 2.75) is 19.8 Å². The van der Waals surface area contributed by atoms with E-state index in [0.29, 0.717) is 17.0 Å². The standard InChI is InChI=1S/C19H18BrN3O2/c1-12-15-10-13(20)4-6-16(15)25-18(12)19(24)22-14-5-7-17(21-11-14)23-8-2-3-9-23/h4-7,10-11H,2-3,8-9H2,1H3,(H,22,24). The van der Waals surface area contributed by atoms with Crippen LogP contribution in [0.5, 0.6) is 0 Å². The van der Waals surface area contributed by atoms with Gasteiger partial charge in [-0.1, -0.05) is 15.9 Å². The van der Waals surface area contributed by atoms with Gasteiger partial charge in [0, 0.05) is 28.5 Å². The number of anilines is 2. The molecule has 1 aliphatic heterocycles. The van der Waals surface area contributed by atoms with Crippen LogP contribution >= 0.6 is 15.9 Å². The lowest BCUT2D eigenvalue weighted by atomic mass is 10.1. The van der Waals surface area contributed by atoms with Crippen LogP contribution in [0, 0.1) is 6.92 Å². The van der Waals surface area contributed by atoms with Gasteiger partial charge in [-0.25, -0.2) is 4.98 Å². The zero-order chi connectivity index (χ0) is 17.4. The number of rotatable bonds is 3. The summed E-state index contributed by atoms with van der Waals surface area (Å²) < 4.78 is 6.69. The average molecular weight is 400 g/mol. The molecule has 1 N–H and O–H groups in total. The number of carbonyl (C=O) groups is 1. The highest BCUT2D eigenvalue weighted by Gasteiger charge is 2.18. The molecule has 0 saturated carbocycles. The maximum Gasteiger partial charge on any atom is 0.291 e. The first-order valence-corrected chi connectivity index (χ1v) is 9.12. The molecule has 0 atom stereocenters. The molecule has 0 radical (unpaired) electrons. The topological polar surface area (TPSA) is 58.4 Å². The molecule has 0 spiro atoms. The highest BCUT2D eigenvalue weighted by Crippen LogP contribution is 2.28. The van der Waals surface area contributed by atoms with E-state index in [1.54, 1.807) is 6.20 Å². The third-order valence-corrected chi connectivity index (χ3v) is 5.03. The van der Waals surface area contributed by atoms with Crippen LogP contribution in [-0.2, 0) is 0 Å². The second kappa shape index (κ2) is 6.52. The molecule has 0 aliphatic carbocycles. The Kier molecular flexibility index (Phi) is 4.21. The van der Waals surface area contributed by atoms with Gasteiger partial charge in [0.1, 0.15) is 11.4 Å². The predicted octanol–water partition coefficient (Wildman–Crippen LogP) is 4.75. The number of aromatic nitrogens is 1. The van der Waals surface area contributed by atoms with Crippen molar-refractivity contribution < 1.29 is 9.21 Å². The molecular formula is C19H18BrN3O2. The lowest BCUT2D eigenvalue weighted by Crippen LogP contribution is -2.19. The van der Waals surface area contributed by atoms with Crippen LogP contribution in [0.15, 0.2) is 45.4 Å². The Morgan fingerprint density at radius 3 is 2.76 bits per heavy atom. The molecule has 2 aromatic heterocycles. The number of aryl methyl sites for hydroxylation is 1. The molecule has 25 heavy (non-hydrogen) atoms. The summed E-state index contributed by atoms with van der Waals surface area (Å²) in [5, 5.41) is 3.80. The number of halogens is 1. The fourth-order valence-corrected chi connectivity index (χ4v) is 3.55. The van der Waals surface area contributed by atoms with E-state index in [1.165, 1.54) is 12.8 Å². The third kappa shape index (κ3) is 3.14. The summed E-state index contributed by atoms with van der Waals surface area (Å²) in [6, 6.07) is 9.54. The van der Waals surface area contributed by atoms with Gasteiger partial charge in [-0.15, -0.1) is 0 Å². The minimum absolute atomic E-state index is 0.263. The first-order valence-electron chi connectivity index (χ1n) is 8.33. The van der Waals surface area contributed by atoms with Crippen molar-refractivity contribution in [3.63, 3.8) is 0 Å². The molecule has 1 fully saturated rings. The number of fused-ring (bicyclic) bond motifs is 1. The smallest absolute Gasteiger partial charge is 0.291 e. The predicted molar refractivity (Wildman–Crippen MR) is 102 cm³/mol. The fraction of sp³-hybridized carbons (Fsp3) is 0.263. The second-order valence-electron chi connectivity index (χ2n) is 6.25. The van der Waals surface area contributed by atoms with Crippen molar-refractivity contribution in [2.75, 3.05) is 23.3 Å². The number of carbonyl (C=O) groups excluding carboxylic acids is 1. The number of furan rings is 1. The van der Waals surface area contributed by atoms with E-state index in [4.69, 9.17) is 4.42 Å². The van der Waals surface area contributed by atoms with Crippen molar-refractivity contribution in [3.8, 4) is 0 Å². The zero-order valence-electron chi connectivity index (χ0n) is 13.9. The summed E-state index contributed by atoms with van der Waals surface area (Å²) >= 11 is 3.45. The molecule has 4 rings (SSSR count). The summed E-state index contributed by atoms with van der Waals surface area (Å²) in [5.74, 6) is 1.03. The van der Waals surface area contributed by atoms with Crippen molar-refractivity contribution in [3.05, 3.63) is 52.3 Å². The highest BCUT2D eigenvalue weighted by molar-refractivity contribution is 9.10. The minimum Gasteiger partial charge on any atom is -0.451 e. The van der Waals surface area contributed by atoms with Crippen LogP contribution in [0.1, 0.15) is 29.0 Å². The Labute approximate surface area is 154 Å². The molecule has 1 aromatic carbocycles. The van der Waals surface area contributed by atoms with E-state index in [-0.39, 0.29) is 5.91 Å². The van der Waals surface area contributed by atoms with Crippen molar-refractivity contribution in [1.29, 1.82) is 0 Å². The summed E-state index contributed by atoms with van der Waals surface area (Å²) in [4.78, 5) is 19.3. The Morgan fingerprint density at radius 2 is 2.04 bits per heavy atom. The van der Waals surface area contributed by atoms with Crippen molar-refractivity contribution in [2.24, 2.45) is 0 Å². The number of hydrogen-bond donors (Lipinski definition) is 1. The van der Waals surface area contributed by atoms with E-state index in [9.17, 15) is 4.79 Å². The molecule has 0 unspecified atom stereocenters. The molecule has 3 heterocycles. The number of nitrogens with one attached hydrogen (secondary N) is 1. The van der Waals surface area contributed by atoms with Crippen LogP contribution in [-0.4, -0.2) is 24.0 Å². The van der Waals surface area contributed by atoms with Gasteiger partial charge >= 0.3 is 0 Å². The quantitative estimate of drug-likeness (QED) is 0.689. The Balaban J connectivity index is 1.54. The molecular weight excluding hydrogens is 382 g/mol. The normalized spacial score (nSPS) is 14.2. The van der Waals surface area contributed by atoms with Gasteiger partial charge in [-0.2, -0.15) is 0 Å². The van der Waals surface area contributed by atoms with Gasteiger partial charge in [-0.05, 0) is 50.1 Å². The summed E-state index contributed by atoms with van der Waals surface area (Å²) in [6.45, 7) is 3.99. The summed E-state index contributed by atoms with van der Waals surface area (Å²) in [7, 11) is 0. The van der Waals surface area contributed by atoms with Crippen molar-refractivity contribution >= 4 is 44.3 Å². The van der Waals surface area contributed by atoms with Gasteiger partial charge in [0.05, 0.1) is 11.9 Å². The van der Waals surface area contributed by atoms with Gasteiger partial charge in [-0.3, -0.25) is 4.79 Å². The van der Waals surface area contributed by atoms with Crippen LogP contribution in [0.2, 0.25) is 0 Å². The van der Waals surface area contributed by atoms with Gasteiger partial charge < -0.3 is 14.6 Å². The maximum atomic E-state index is 12.6. The molecule has 3 aromatic rings. The largest absolute Gasteiger partial charge is 0.451 e. The van der Waals surface area contributed by atoms with E-state index in [0.717, 1.165) is 34.3 Å². The van der Waals surface area contributed by atoms with Gasteiger partial charge in [0.2, 0.25) is 0 Å². The average Bonchev–Trinajstić information content (AvgIpc) is 3.25. The van der Waals surface area contributed by atoms with E-state index in [2.05, 4.69) is 31.1 Å². The molecule has 1 saturated heterocycles. The molecule has 5 nitrogen and oxygen atoms in total. The monoisotopic (exact) mass is 399 g/mol. The van der Waals surface area contributed by atoms with Gasteiger partial charge in [0.25, 0.3) is 5.91 Å². The third-order valence-electron chi connectivity index (χ3n) is 4.54. The number of amides is 1. The van der Waals surface area contributed by atoms with Crippen LogP contribution in [0.3, 0.4) is 0 Å². The lowest BCUT2D eigenvalue weighted by Gasteiger charge is -2.16. The molecule has 6 heteroatoms. The number of benzene rings is 1. The number of hydrogen-bond acceptors (Lipinski definition) is 4. The molecule has 1 aliphatic rings. The van der Waals surface area contributed by atoms with Gasteiger partial charge in [0.15, 0.2) is 5.76 Å². The Hall–Kier alpha value is -2.34. The SMILES string of the molecule is Cc1c(C(=O)Nc2ccc(N3CCCC3)nc2)oc2ccc(Br)cc12. The first kappa shape index (κ1) is 16.1. The lowest BCUT2D eigenvalue weighted by molar-refractivity contribution is 0.0998. The Bertz CT molecular complexity index is 928. The maximum absolute atomic E-state index is 12.6. The zero-order valence-corrected chi connectivity index (χ0v) is 15.5. The molecule has 0 bridgehead atoms. The summed E-state index contributed by atoms with van der Waals surface area (Å²) in [5.41, 5.74) is 2.19. The highest BCUT2D eigenvalue weighted by atomic mass is 79.9. The fourth-order valence-electron chi connectivity index (χ4n) is 3.19. The first-order chi connectivity index (χ1) is 12.1. The van der Waals surface area contributed by atoms with Crippen LogP contribution in [0.25, 0.3) is 11.0 Å². The van der Waals surface area contributed by atoms with E-state index >= 15 is 0 Å². The van der Waals surface area contributed by atoms with Crippen LogP contribution in [0.4, 0.5) is 11.5 Å². The van der Waals surface area contributed by atoms with E-state index in [1.807, 2.05) is 37.3 Å². The Morgan fingerprint density at radius 1 is 1.24 bits per heavy atom. The van der Waals surface area contributed by atoms with E-state index < -0.39 is 0 Å². The molecule has 1 amide bonds. The minimum atomic E-state index is -0.263. The molecule has 128 valence electrons. The summed E-state index contributed by atoms with van der Waals surface area (Å²) in [6.07, 6.45) is 4.11. The number of pyridine rings is 1. The second-order valence-corrected chi connectivity index (χ2v) is 7.17. The number of nitrogens with zero attached hydrogens (tertiary/aromatic N) is 2. The van der Waals surface area contributed by atoms with Crippen LogP contribution < -0.4 is 10.2 Å².